The zero-order chi connectivity index (χ0) is 45.7. The van der Waals surface area contributed by atoms with Crippen LogP contribution in [0.3, 0.4) is 0 Å². The molecular weight excluding hydrogens is 787 g/mol. The van der Waals surface area contributed by atoms with Gasteiger partial charge in [0, 0.05) is 56.9 Å². The maximum absolute atomic E-state index is 14.5. The zero-order valence-electron chi connectivity index (χ0n) is 38.8. The van der Waals surface area contributed by atoms with Crippen molar-refractivity contribution in [3.63, 3.8) is 0 Å². The Morgan fingerprint density at radius 2 is 1.55 bits per heavy atom. The van der Waals surface area contributed by atoms with Gasteiger partial charge in [-0.25, -0.2) is 0 Å². The van der Waals surface area contributed by atoms with Crippen molar-refractivity contribution in [2.24, 2.45) is 23.7 Å². The summed E-state index contributed by atoms with van der Waals surface area (Å²) in [6.45, 7) is 14.5. The van der Waals surface area contributed by atoms with E-state index in [1.165, 1.54) is 0 Å². The van der Waals surface area contributed by atoms with Gasteiger partial charge in [-0.1, -0.05) is 103 Å². The summed E-state index contributed by atoms with van der Waals surface area (Å²) in [7, 11) is 6.71. The Balaban J connectivity index is 1.52. The van der Waals surface area contributed by atoms with Crippen LogP contribution in [-0.4, -0.2) is 122 Å². The predicted molar refractivity (Wildman–Crippen MR) is 243 cm³/mol. The second-order valence-electron chi connectivity index (χ2n) is 17.7. The van der Waals surface area contributed by atoms with Crippen LogP contribution in [-0.2, 0) is 46.4 Å². The first-order valence-electron chi connectivity index (χ1n) is 22.3. The smallest absolute Gasteiger partial charge is 0.244 e. The van der Waals surface area contributed by atoms with Crippen LogP contribution in [0.4, 0.5) is 0 Å². The Labute approximate surface area is 369 Å². The molecule has 5 N–H and O–H groups in total. The van der Waals surface area contributed by atoms with Crippen molar-refractivity contribution in [1.29, 1.82) is 0 Å². The number of nitrogens with zero attached hydrogens (tertiary/aromatic N) is 2. The van der Waals surface area contributed by atoms with Crippen LogP contribution in [0.5, 0.6) is 0 Å². The van der Waals surface area contributed by atoms with E-state index >= 15 is 0 Å². The minimum atomic E-state index is -0.876. The average molecular weight is 860 g/mol. The van der Waals surface area contributed by atoms with Crippen LogP contribution in [0.1, 0.15) is 85.3 Å². The van der Waals surface area contributed by atoms with Crippen molar-refractivity contribution in [3.05, 3.63) is 71.9 Å². The fourth-order valence-electron chi connectivity index (χ4n) is 9.32. The van der Waals surface area contributed by atoms with Crippen LogP contribution >= 0.6 is 0 Å². The SMILES string of the molecule is CC[C@H](C)[C@@H]([C@@H](CC(=O)N1CCC[C@H]1[C@H](OC)[C@@H](C)C(=O)N[C@@H](Cc1c[nH]c2ccccc12)C(=O)NCc1ccccc1)OC)N(C)[C@H](C(=O)NC(=O)[C@@H](NC)C(C)C)C(C)C. The molecule has 14 heteroatoms. The molecule has 0 bridgehead atoms. The third kappa shape index (κ3) is 12.5. The number of H-pyrrole nitrogens is 1. The van der Waals surface area contributed by atoms with E-state index in [2.05, 4.69) is 40.1 Å². The number of para-hydroxylation sites is 1. The second kappa shape index (κ2) is 23.7. The number of hydrogen-bond acceptors (Lipinski definition) is 9. The Hall–Kier alpha value is -4.63. The van der Waals surface area contributed by atoms with E-state index in [4.69, 9.17) is 9.47 Å². The lowest BCUT2D eigenvalue weighted by Gasteiger charge is -2.43. The third-order valence-electron chi connectivity index (χ3n) is 12.8. The van der Waals surface area contributed by atoms with Crippen LogP contribution in [0.25, 0.3) is 10.9 Å². The Kier molecular flexibility index (Phi) is 19.1. The summed E-state index contributed by atoms with van der Waals surface area (Å²) in [5, 5.41) is 12.7. The van der Waals surface area contributed by atoms with Crippen LogP contribution in [0, 0.1) is 23.7 Å². The summed E-state index contributed by atoms with van der Waals surface area (Å²) in [6.07, 6.45) is 3.07. The molecule has 0 saturated carbocycles. The number of hydrogen-bond donors (Lipinski definition) is 5. The van der Waals surface area contributed by atoms with Gasteiger partial charge in [-0.15, -0.1) is 0 Å². The number of methoxy groups -OCH3 is 2. The lowest BCUT2D eigenvalue weighted by Crippen LogP contribution is -2.60. The van der Waals surface area contributed by atoms with E-state index in [1.54, 1.807) is 28.2 Å². The fraction of sp³-hybridized carbons (Fsp3) is 0.604. The summed E-state index contributed by atoms with van der Waals surface area (Å²) in [5.41, 5.74) is 2.78. The minimum Gasteiger partial charge on any atom is -0.379 e. The van der Waals surface area contributed by atoms with Gasteiger partial charge in [-0.05, 0) is 61.9 Å². The number of nitrogens with one attached hydrogen (secondary N) is 5. The molecule has 14 nitrogen and oxygen atoms in total. The van der Waals surface area contributed by atoms with Crippen molar-refractivity contribution in [2.45, 2.75) is 130 Å². The molecule has 0 unspecified atom stereocenters. The van der Waals surface area contributed by atoms with Gasteiger partial charge in [-0.2, -0.15) is 0 Å². The van der Waals surface area contributed by atoms with Crippen molar-refractivity contribution in [1.82, 2.24) is 36.1 Å². The summed E-state index contributed by atoms with van der Waals surface area (Å²) in [5.74, 6) is -2.43. The van der Waals surface area contributed by atoms with E-state index in [0.717, 1.165) is 34.9 Å². The highest BCUT2D eigenvalue weighted by atomic mass is 16.5. The lowest BCUT2D eigenvalue weighted by atomic mass is 9.87. The molecule has 342 valence electrons. The number of imide groups is 1. The molecule has 4 rings (SSSR count). The Bertz CT molecular complexity index is 1920. The first-order chi connectivity index (χ1) is 29.6. The molecule has 0 spiro atoms. The number of likely N-dealkylation sites (tertiary alicyclic amines) is 1. The van der Waals surface area contributed by atoms with E-state index < -0.39 is 48.2 Å². The number of carbonyl (C=O) groups excluding carboxylic acids is 5. The Morgan fingerprint density at radius 1 is 0.871 bits per heavy atom. The van der Waals surface area contributed by atoms with E-state index in [-0.39, 0.29) is 60.3 Å². The second-order valence-corrected chi connectivity index (χ2v) is 17.7. The van der Waals surface area contributed by atoms with Crippen molar-refractivity contribution >= 4 is 40.4 Å². The van der Waals surface area contributed by atoms with E-state index in [1.807, 2.05) is 105 Å². The van der Waals surface area contributed by atoms with Crippen molar-refractivity contribution in [3.8, 4) is 0 Å². The molecule has 1 saturated heterocycles. The zero-order valence-corrected chi connectivity index (χ0v) is 38.8. The summed E-state index contributed by atoms with van der Waals surface area (Å²) in [4.78, 5) is 76.5. The highest BCUT2D eigenvalue weighted by molar-refractivity contribution is 6.00. The molecule has 0 aliphatic carbocycles. The maximum Gasteiger partial charge on any atom is 0.244 e. The maximum atomic E-state index is 14.5. The number of benzene rings is 2. The van der Waals surface area contributed by atoms with Crippen LogP contribution in [0.2, 0.25) is 0 Å². The van der Waals surface area contributed by atoms with E-state index in [0.29, 0.717) is 19.5 Å². The van der Waals surface area contributed by atoms with Gasteiger partial charge in [0.05, 0.1) is 42.7 Å². The molecule has 1 aliphatic rings. The summed E-state index contributed by atoms with van der Waals surface area (Å²) in [6, 6.07) is 14.6. The average Bonchev–Trinajstić information content (AvgIpc) is 3.90. The number of amides is 5. The predicted octanol–water partition coefficient (Wildman–Crippen LogP) is 4.82. The first-order valence-corrected chi connectivity index (χ1v) is 22.3. The molecule has 9 atom stereocenters. The van der Waals surface area contributed by atoms with Crippen LogP contribution in [0.15, 0.2) is 60.8 Å². The van der Waals surface area contributed by atoms with E-state index in [9.17, 15) is 24.0 Å². The number of rotatable bonds is 23. The Morgan fingerprint density at radius 3 is 2.16 bits per heavy atom. The van der Waals surface area contributed by atoms with Gasteiger partial charge in [-0.3, -0.25) is 34.2 Å². The lowest BCUT2D eigenvalue weighted by molar-refractivity contribution is -0.144. The van der Waals surface area contributed by atoms with Gasteiger partial charge in [0.1, 0.15) is 6.04 Å². The highest BCUT2D eigenvalue weighted by Gasteiger charge is 2.44. The number of likely N-dealkylation sites (N-methyl/N-ethyl adjacent to an activating group) is 2. The van der Waals surface area contributed by atoms with Gasteiger partial charge in [0.25, 0.3) is 0 Å². The van der Waals surface area contributed by atoms with Crippen molar-refractivity contribution in [2.75, 3.05) is 34.9 Å². The fourth-order valence-corrected chi connectivity index (χ4v) is 9.32. The number of ether oxygens (including phenoxy) is 2. The molecule has 1 fully saturated rings. The number of aromatic nitrogens is 1. The van der Waals surface area contributed by atoms with Gasteiger partial charge in [0.15, 0.2) is 0 Å². The summed E-state index contributed by atoms with van der Waals surface area (Å²) >= 11 is 0. The number of aromatic amines is 1. The highest BCUT2D eigenvalue weighted by Crippen LogP contribution is 2.31. The molecule has 0 radical (unpaired) electrons. The quantitative estimate of drug-likeness (QED) is 0.0897. The van der Waals surface area contributed by atoms with Crippen LogP contribution < -0.4 is 21.3 Å². The molecule has 62 heavy (non-hydrogen) atoms. The normalized spacial score (nSPS) is 18.2. The van der Waals surface area contributed by atoms with Gasteiger partial charge >= 0.3 is 0 Å². The number of fused-ring (bicyclic) bond motifs is 1. The molecule has 2 aromatic carbocycles. The topological polar surface area (TPSA) is 174 Å². The molecule has 1 aromatic heterocycles. The van der Waals surface area contributed by atoms with Crippen molar-refractivity contribution < 1.29 is 33.4 Å². The third-order valence-corrected chi connectivity index (χ3v) is 12.8. The van der Waals surface area contributed by atoms with Gasteiger partial charge < -0.3 is 35.3 Å². The van der Waals surface area contributed by atoms with Gasteiger partial charge in [0.2, 0.25) is 29.5 Å². The molecule has 2 heterocycles. The minimum absolute atomic E-state index is 0.0196. The monoisotopic (exact) mass is 860 g/mol. The first kappa shape index (κ1) is 50.0. The summed E-state index contributed by atoms with van der Waals surface area (Å²) < 4.78 is 12.2. The molecule has 1 aliphatic heterocycles. The standard InChI is InChI=1S/C48H73N7O7/c1-12-31(6)43(54(9)42(30(4)5)48(60)53-47(59)41(49-8)29(2)3)39(61-10)26-40(56)55-24-18-23-38(55)44(62-11)32(7)45(57)52-37(46(58)51-27-33-19-14-13-15-20-33)25-34-28-50-36-22-17-16-21-35(34)36/h13-17,19-22,28-32,37-39,41-44,49-50H,12,18,23-27H2,1-11H3,(H,51,58)(H,52,57)(H,53,59,60)/t31-,32+,37-,38-,39+,41-,42-,43-,44+/m0/s1. The molecule has 5 amide bonds. The molecule has 3 aromatic rings. The largest absolute Gasteiger partial charge is 0.379 e. The molecular formula is C48H73N7O7. The number of carbonyl (C=O) groups is 5.